The molecule has 0 saturated heterocycles. The summed E-state index contributed by atoms with van der Waals surface area (Å²) < 4.78 is 0. The molecule has 0 aliphatic carbocycles. The van der Waals surface area contributed by atoms with E-state index in [9.17, 15) is 4.79 Å². The Bertz CT molecular complexity index is 520. The molecule has 0 aromatic heterocycles. The van der Waals surface area contributed by atoms with Crippen LogP contribution in [0.15, 0.2) is 59.5 Å². The monoisotopic (exact) mass is 256 g/mol. The van der Waals surface area contributed by atoms with Crippen molar-refractivity contribution in [1.82, 2.24) is 0 Å². The molecule has 0 saturated carbocycles. The molecular formula is C16H16OS. The van der Waals surface area contributed by atoms with Crippen molar-refractivity contribution in [2.45, 2.75) is 17.7 Å². The van der Waals surface area contributed by atoms with Crippen molar-refractivity contribution in [3.05, 3.63) is 65.7 Å². The van der Waals surface area contributed by atoms with Gasteiger partial charge in [-0.15, -0.1) is 11.8 Å². The lowest BCUT2D eigenvalue weighted by atomic mass is 10.0. The summed E-state index contributed by atoms with van der Waals surface area (Å²) in [7, 11) is 0. The molecule has 0 fully saturated rings. The zero-order valence-electron chi connectivity index (χ0n) is 10.4. The van der Waals surface area contributed by atoms with Crippen molar-refractivity contribution in [1.29, 1.82) is 0 Å². The predicted molar refractivity (Wildman–Crippen MR) is 77.3 cm³/mol. The highest BCUT2D eigenvalue weighted by Crippen LogP contribution is 2.21. The number of ketones is 1. The standard InChI is InChI=1S/C16H16OS/c1-18-16-10-6-5-9-14(16)15(17)12-11-13-7-3-2-4-8-13/h2-10H,11-12H2,1H3. The first-order valence-corrected chi connectivity index (χ1v) is 7.24. The van der Waals surface area contributed by atoms with Gasteiger partial charge in [-0.1, -0.05) is 48.5 Å². The molecule has 0 spiro atoms. The number of benzene rings is 2. The second kappa shape index (κ2) is 6.41. The second-order valence-corrected chi connectivity index (χ2v) is 4.96. The Labute approximate surface area is 112 Å². The van der Waals surface area contributed by atoms with Crippen molar-refractivity contribution < 1.29 is 4.79 Å². The van der Waals surface area contributed by atoms with Gasteiger partial charge in [0.15, 0.2) is 5.78 Å². The van der Waals surface area contributed by atoms with Crippen LogP contribution in [0.4, 0.5) is 0 Å². The number of hydrogen-bond donors (Lipinski definition) is 0. The summed E-state index contributed by atoms with van der Waals surface area (Å²) in [6.07, 6.45) is 3.38. The zero-order chi connectivity index (χ0) is 12.8. The molecule has 0 N–H and O–H groups in total. The van der Waals surface area contributed by atoms with E-state index in [0.29, 0.717) is 6.42 Å². The van der Waals surface area contributed by atoms with Gasteiger partial charge in [-0.25, -0.2) is 0 Å². The van der Waals surface area contributed by atoms with E-state index >= 15 is 0 Å². The van der Waals surface area contributed by atoms with Gasteiger partial charge in [0.1, 0.15) is 0 Å². The quantitative estimate of drug-likeness (QED) is 0.588. The number of hydrogen-bond acceptors (Lipinski definition) is 2. The number of Topliss-reactive ketones (excluding diaryl/α,β-unsaturated/α-hetero) is 1. The summed E-state index contributed by atoms with van der Waals surface area (Å²) in [6.45, 7) is 0. The second-order valence-electron chi connectivity index (χ2n) is 4.11. The molecule has 2 aromatic carbocycles. The first-order valence-electron chi connectivity index (χ1n) is 6.01. The SMILES string of the molecule is CSc1ccccc1C(=O)CCc1ccccc1. The van der Waals surface area contributed by atoms with E-state index in [-0.39, 0.29) is 5.78 Å². The molecule has 92 valence electrons. The van der Waals surface area contributed by atoms with Gasteiger partial charge in [0, 0.05) is 16.9 Å². The van der Waals surface area contributed by atoms with E-state index in [1.165, 1.54) is 5.56 Å². The molecule has 2 aromatic rings. The molecule has 0 atom stereocenters. The zero-order valence-corrected chi connectivity index (χ0v) is 11.2. The molecule has 18 heavy (non-hydrogen) atoms. The molecule has 2 rings (SSSR count). The van der Waals surface area contributed by atoms with Crippen molar-refractivity contribution in [3.63, 3.8) is 0 Å². The Morgan fingerprint density at radius 2 is 1.67 bits per heavy atom. The lowest BCUT2D eigenvalue weighted by Gasteiger charge is -2.06. The molecule has 2 heteroatoms. The summed E-state index contributed by atoms with van der Waals surface area (Å²) in [5.41, 5.74) is 2.06. The van der Waals surface area contributed by atoms with Gasteiger partial charge in [0.05, 0.1) is 0 Å². The van der Waals surface area contributed by atoms with Gasteiger partial charge in [-0.3, -0.25) is 4.79 Å². The van der Waals surface area contributed by atoms with Gasteiger partial charge < -0.3 is 0 Å². The third kappa shape index (κ3) is 3.23. The fraction of sp³-hybridized carbons (Fsp3) is 0.188. The van der Waals surface area contributed by atoms with E-state index in [2.05, 4.69) is 12.1 Å². The third-order valence-corrected chi connectivity index (χ3v) is 3.69. The molecular weight excluding hydrogens is 240 g/mol. The summed E-state index contributed by atoms with van der Waals surface area (Å²) >= 11 is 1.62. The fourth-order valence-electron chi connectivity index (χ4n) is 1.91. The predicted octanol–water partition coefficient (Wildman–Crippen LogP) is 4.22. The minimum absolute atomic E-state index is 0.226. The smallest absolute Gasteiger partial charge is 0.164 e. The number of carbonyl (C=O) groups is 1. The highest BCUT2D eigenvalue weighted by atomic mass is 32.2. The van der Waals surface area contributed by atoms with Crippen LogP contribution in [-0.2, 0) is 6.42 Å². The first kappa shape index (κ1) is 12.9. The maximum absolute atomic E-state index is 12.2. The first-order chi connectivity index (χ1) is 8.81. The summed E-state index contributed by atoms with van der Waals surface area (Å²) in [6, 6.07) is 18.0. The Balaban J connectivity index is 2.04. The maximum atomic E-state index is 12.2. The number of carbonyl (C=O) groups excluding carboxylic acids is 1. The summed E-state index contributed by atoms with van der Waals surface area (Å²) in [4.78, 5) is 13.2. The molecule has 1 nitrogen and oxygen atoms in total. The van der Waals surface area contributed by atoms with Crippen LogP contribution in [-0.4, -0.2) is 12.0 Å². The van der Waals surface area contributed by atoms with Crippen LogP contribution in [0.3, 0.4) is 0 Å². The minimum atomic E-state index is 0.226. The average Bonchev–Trinajstić information content (AvgIpc) is 2.45. The Morgan fingerprint density at radius 3 is 2.39 bits per heavy atom. The largest absolute Gasteiger partial charge is 0.294 e. The molecule has 0 amide bonds. The Hall–Kier alpha value is -1.54. The summed E-state index contributed by atoms with van der Waals surface area (Å²) in [5, 5.41) is 0. The lowest BCUT2D eigenvalue weighted by molar-refractivity contribution is 0.0980. The normalized spacial score (nSPS) is 10.3. The van der Waals surface area contributed by atoms with Crippen molar-refractivity contribution >= 4 is 17.5 Å². The van der Waals surface area contributed by atoms with Crippen LogP contribution in [0.25, 0.3) is 0 Å². The minimum Gasteiger partial charge on any atom is -0.294 e. The summed E-state index contributed by atoms with van der Waals surface area (Å²) in [5.74, 6) is 0.226. The third-order valence-electron chi connectivity index (χ3n) is 2.89. The topological polar surface area (TPSA) is 17.1 Å². The average molecular weight is 256 g/mol. The van der Waals surface area contributed by atoms with E-state index in [1.807, 2.05) is 48.7 Å². The maximum Gasteiger partial charge on any atom is 0.164 e. The van der Waals surface area contributed by atoms with E-state index < -0.39 is 0 Å². The van der Waals surface area contributed by atoms with Crippen LogP contribution >= 0.6 is 11.8 Å². The van der Waals surface area contributed by atoms with Crippen LogP contribution in [0.5, 0.6) is 0 Å². The van der Waals surface area contributed by atoms with Gasteiger partial charge in [0.25, 0.3) is 0 Å². The van der Waals surface area contributed by atoms with Gasteiger partial charge >= 0.3 is 0 Å². The number of aryl methyl sites for hydroxylation is 1. The van der Waals surface area contributed by atoms with E-state index in [1.54, 1.807) is 11.8 Å². The van der Waals surface area contributed by atoms with Gasteiger partial charge in [-0.05, 0) is 24.3 Å². The van der Waals surface area contributed by atoms with E-state index in [4.69, 9.17) is 0 Å². The van der Waals surface area contributed by atoms with Crippen molar-refractivity contribution in [2.24, 2.45) is 0 Å². The highest BCUT2D eigenvalue weighted by Gasteiger charge is 2.10. The van der Waals surface area contributed by atoms with Crippen LogP contribution in [0.1, 0.15) is 22.3 Å². The van der Waals surface area contributed by atoms with E-state index in [0.717, 1.165) is 16.9 Å². The molecule has 0 radical (unpaired) electrons. The van der Waals surface area contributed by atoms with Crippen LogP contribution in [0, 0.1) is 0 Å². The van der Waals surface area contributed by atoms with Gasteiger partial charge in [-0.2, -0.15) is 0 Å². The van der Waals surface area contributed by atoms with Crippen molar-refractivity contribution in [2.75, 3.05) is 6.26 Å². The van der Waals surface area contributed by atoms with Crippen molar-refractivity contribution in [3.8, 4) is 0 Å². The highest BCUT2D eigenvalue weighted by molar-refractivity contribution is 7.98. The number of rotatable bonds is 5. The lowest BCUT2D eigenvalue weighted by Crippen LogP contribution is -2.02. The fourth-order valence-corrected chi connectivity index (χ4v) is 2.53. The molecule has 0 heterocycles. The Kier molecular flexibility index (Phi) is 4.59. The molecule has 0 aliphatic heterocycles. The number of thioether (sulfide) groups is 1. The van der Waals surface area contributed by atoms with Gasteiger partial charge in [0.2, 0.25) is 0 Å². The molecule has 0 aliphatic rings. The molecule has 0 bridgehead atoms. The van der Waals surface area contributed by atoms with Crippen LogP contribution < -0.4 is 0 Å². The van der Waals surface area contributed by atoms with Crippen LogP contribution in [0.2, 0.25) is 0 Å². The molecule has 0 unspecified atom stereocenters. The Morgan fingerprint density at radius 1 is 1.00 bits per heavy atom.